The Balaban J connectivity index is 1.77. The number of urea groups is 1. The lowest BCUT2D eigenvalue weighted by Gasteiger charge is -2.36. The lowest BCUT2D eigenvalue weighted by Crippen LogP contribution is -2.43. The first-order valence-corrected chi connectivity index (χ1v) is 10.9. The highest BCUT2D eigenvalue weighted by atomic mass is 35.5. The summed E-state index contributed by atoms with van der Waals surface area (Å²) in [6.07, 6.45) is 1.99. The Bertz CT molecular complexity index is 1030. The second-order valence-corrected chi connectivity index (χ2v) is 8.40. The first-order chi connectivity index (χ1) is 13.6. The van der Waals surface area contributed by atoms with Crippen LogP contribution in [-0.2, 0) is 6.54 Å². The third-order valence-corrected chi connectivity index (χ3v) is 6.59. The topological polar surface area (TPSA) is 23.6 Å². The van der Waals surface area contributed by atoms with Crippen molar-refractivity contribution in [1.29, 1.82) is 0 Å². The molecule has 0 saturated carbocycles. The number of halogens is 2. The summed E-state index contributed by atoms with van der Waals surface area (Å²) in [5.41, 5.74) is 1.83. The molecule has 1 aliphatic rings. The molecule has 3 nitrogen and oxygen atoms in total. The maximum absolute atomic E-state index is 14.4. The average Bonchev–Trinajstić information content (AvgIpc) is 2.72. The Morgan fingerprint density at radius 1 is 1.07 bits per heavy atom. The van der Waals surface area contributed by atoms with Crippen LogP contribution in [0.5, 0.6) is 0 Å². The van der Waals surface area contributed by atoms with E-state index >= 15 is 0 Å². The van der Waals surface area contributed by atoms with Crippen LogP contribution >= 0.6 is 35.3 Å². The fourth-order valence-electron chi connectivity index (χ4n) is 3.00. The second-order valence-electron chi connectivity index (χ2n) is 6.12. The normalized spacial score (nSPS) is 13.6. The van der Waals surface area contributed by atoms with Crippen LogP contribution in [0.25, 0.3) is 0 Å². The monoisotopic (exact) mass is 430 g/mol. The number of thioether (sulfide) groups is 1. The predicted molar refractivity (Wildman–Crippen MR) is 116 cm³/mol. The molecule has 3 aromatic carbocycles. The van der Waals surface area contributed by atoms with E-state index in [0.717, 1.165) is 21.2 Å². The van der Waals surface area contributed by atoms with Gasteiger partial charge in [0.25, 0.3) is 0 Å². The van der Waals surface area contributed by atoms with E-state index in [4.69, 9.17) is 11.6 Å². The van der Waals surface area contributed by atoms with E-state index < -0.39 is 5.82 Å². The fraction of sp³-hybridized carbons (Fsp3) is 0.0952. The number of nitrogens with zero attached hydrogens (tertiary/aromatic N) is 2. The van der Waals surface area contributed by atoms with Crippen molar-refractivity contribution in [3.63, 3.8) is 0 Å². The third-order valence-electron chi connectivity index (χ3n) is 4.42. The van der Waals surface area contributed by atoms with Crippen molar-refractivity contribution in [2.24, 2.45) is 0 Å². The first-order valence-electron chi connectivity index (χ1n) is 8.54. The van der Waals surface area contributed by atoms with Gasteiger partial charge in [0.1, 0.15) is 5.82 Å². The van der Waals surface area contributed by atoms with E-state index in [2.05, 4.69) is 0 Å². The van der Waals surface area contributed by atoms with Crippen LogP contribution < -0.4 is 9.21 Å². The molecule has 0 spiro atoms. The van der Waals surface area contributed by atoms with Gasteiger partial charge in [0, 0.05) is 15.5 Å². The zero-order valence-corrected chi connectivity index (χ0v) is 17.3. The molecule has 0 radical (unpaired) electrons. The Hall–Kier alpha value is -2.15. The van der Waals surface area contributed by atoms with Crippen molar-refractivity contribution in [2.45, 2.75) is 16.3 Å². The Labute approximate surface area is 176 Å². The number of hydrogen-bond donors (Lipinski definition) is 0. The van der Waals surface area contributed by atoms with Gasteiger partial charge in [-0.2, -0.15) is 0 Å². The molecule has 142 valence electrons. The van der Waals surface area contributed by atoms with E-state index in [1.807, 2.05) is 54.8 Å². The molecule has 0 bridgehead atoms. The first kappa shape index (κ1) is 19.2. The molecule has 1 aliphatic heterocycles. The number of carbonyl (C=O) groups excluding carboxylic acids is 1. The number of hydrogen-bond acceptors (Lipinski definition) is 3. The van der Waals surface area contributed by atoms with Gasteiger partial charge < -0.3 is 0 Å². The number of rotatable bonds is 4. The highest BCUT2D eigenvalue weighted by Crippen LogP contribution is 2.42. The van der Waals surface area contributed by atoms with Gasteiger partial charge in [0.2, 0.25) is 0 Å². The fourth-order valence-corrected chi connectivity index (χ4v) is 4.68. The van der Waals surface area contributed by atoms with Gasteiger partial charge in [-0.15, -0.1) is 11.8 Å². The Morgan fingerprint density at radius 2 is 1.86 bits per heavy atom. The van der Waals surface area contributed by atoms with Crippen LogP contribution in [0.4, 0.5) is 20.6 Å². The smallest absolute Gasteiger partial charge is 0.288 e. The molecule has 2 amide bonds. The van der Waals surface area contributed by atoms with Crippen LogP contribution in [-0.4, -0.2) is 12.3 Å². The van der Waals surface area contributed by atoms with Crippen molar-refractivity contribution in [3.05, 3.63) is 83.1 Å². The molecular weight excluding hydrogens is 415 g/mol. The molecule has 28 heavy (non-hydrogen) atoms. The summed E-state index contributed by atoms with van der Waals surface area (Å²) in [4.78, 5) is 16.9. The van der Waals surface area contributed by atoms with Crippen molar-refractivity contribution in [1.82, 2.24) is 0 Å². The summed E-state index contributed by atoms with van der Waals surface area (Å²) >= 11 is 9.20. The molecule has 0 aliphatic carbocycles. The quantitative estimate of drug-likeness (QED) is 0.334. The molecular formula is C21H16ClFN2OS2. The minimum atomic E-state index is -0.424. The molecule has 0 unspecified atom stereocenters. The van der Waals surface area contributed by atoms with E-state index in [-0.39, 0.29) is 12.6 Å². The highest BCUT2D eigenvalue weighted by Gasteiger charge is 2.33. The van der Waals surface area contributed by atoms with Crippen molar-refractivity contribution in [3.8, 4) is 0 Å². The second kappa shape index (κ2) is 8.07. The van der Waals surface area contributed by atoms with Gasteiger partial charge in [-0.05, 0) is 60.7 Å². The lowest BCUT2D eigenvalue weighted by molar-refractivity contribution is 0.254. The predicted octanol–water partition coefficient (Wildman–Crippen LogP) is 6.85. The summed E-state index contributed by atoms with van der Waals surface area (Å²) in [7, 11) is 0. The number of carbonyl (C=O) groups is 1. The van der Waals surface area contributed by atoms with Crippen LogP contribution in [0.3, 0.4) is 0 Å². The SMILES string of the molecule is CSc1cccc(N2Sc3ccccc3N(Cc3c(F)cccc3Cl)C2=O)c1. The maximum atomic E-state index is 14.4. The standard InChI is InChI=1S/C21H16ClFN2OS2/c1-27-15-7-4-6-14(12-15)25-21(26)24(19-10-2-3-11-20(19)28-25)13-16-17(22)8-5-9-18(16)23/h2-12H,13H2,1H3. The molecule has 3 aromatic rings. The van der Waals surface area contributed by atoms with Gasteiger partial charge in [0.05, 0.1) is 22.8 Å². The number of amides is 2. The van der Waals surface area contributed by atoms with Crippen LogP contribution in [0, 0.1) is 5.82 Å². The summed E-state index contributed by atoms with van der Waals surface area (Å²) in [5.74, 6) is -0.424. The van der Waals surface area contributed by atoms with E-state index in [1.165, 1.54) is 18.0 Å². The van der Waals surface area contributed by atoms with Crippen LogP contribution in [0.2, 0.25) is 5.02 Å². The molecule has 0 N–H and O–H groups in total. The number of anilines is 2. The molecule has 7 heteroatoms. The molecule has 0 saturated heterocycles. The number of benzene rings is 3. The highest BCUT2D eigenvalue weighted by molar-refractivity contribution is 8.01. The maximum Gasteiger partial charge on any atom is 0.339 e. The molecule has 4 rings (SSSR count). The zero-order valence-electron chi connectivity index (χ0n) is 14.9. The van der Waals surface area contributed by atoms with E-state index in [9.17, 15) is 9.18 Å². The lowest BCUT2D eigenvalue weighted by atomic mass is 10.2. The third kappa shape index (κ3) is 3.60. The van der Waals surface area contributed by atoms with Gasteiger partial charge in [0.15, 0.2) is 0 Å². The molecule has 0 fully saturated rings. The van der Waals surface area contributed by atoms with Crippen molar-refractivity contribution < 1.29 is 9.18 Å². The zero-order chi connectivity index (χ0) is 19.7. The molecule has 0 atom stereocenters. The minimum absolute atomic E-state index is 0.0562. The average molecular weight is 431 g/mol. The largest absolute Gasteiger partial charge is 0.339 e. The number of para-hydroxylation sites is 1. The Morgan fingerprint density at radius 3 is 2.64 bits per heavy atom. The van der Waals surface area contributed by atoms with E-state index in [1.54, 1.807) is 33.1 Å². The van der Waals surface area contributed by atoms with Crippen LogP contribution in [0.15, 0.2) is 76.5 Å². The van der Waals surface area contributed by atoms with Gasteiger partial charge in [-0.25, -0.2) is 13.5 Å². The number of fused-ring (bicyclic) bond motifs is 1. The van der Waals surface area contributed by atoms with Gasteiger partial charge in [-0.1, -0.05) is 35.9 Å². The summed E-state index contributed by atoms with van der Waals surface area (Å²) in [6, 6.07) is 19.7. The Kier molecular flexibility index (Phi) is 5.53. The summed E-state index contributed by atoms with van der Waals surface area (Å²) < 4.78 is 16.0. The van der Waals surface area contributed by atoms with Crippen molar-refractivity contribution >= 4 is 52.7 Å². The van der Waals surface area contributed by atoms with Gasteiger partial charge in [-0.3, -0.25) is 4.90 Å². The van der Waals surface area contributed by atoms with Gasteiger partial charge >= 0.3 is 6.03 Å². The summed E-state index contributed by atoms with van der Waals surface area (Å²) in [5, 5.41) is 0.305. The molecule has 0 aromatic heterocycles. The summed E-state index contributed by atoms with van der Waals surface area (Å²) in [6.45, 7) is 0.0562. The van der Waals surface area contributed by atoms with E-state index in [0.29, 0.717) is 10.6 Å². The van der Waals surface area contributed by atoms with Crippen molar-refractivity contribution in [2.75, 3.05) is 15.5 Å². The molecule has 1 heterocycles. The minimum Gasteiger partial charge on any atom is -0.288 e. The van der Waals surface area contributed by atoms with Crippen LogP contribution in [0.1, 0.15) is 5.56 Å².